The van der Waals surface area contributed by atoms with Gasteiger partial charge in [-0.25, -0.2) is 18.1 Å². The molecule has 2 N–H and O–H groups in total. The third-order valence-corrected chi connectivity index (χ3v) is 7.03. The summed E-state index contributed by atoms with van der Waals surface area (Å²) in [6.07, 6.45) is 5.13. The van der Waals surface area contributed by atoms with Crippen molar-refractivity contribution in [1.29, 1.82) is 0 Å². The predicted molar refractivity (Wildman–Crippen MR) is 118 cm³/mol. The van der Waals surface area contributed by atoms with Crippen molar-refractivity contribution >= 4 is 27.5 Å². The van der Waals surface area contributed by atoms with Crippen molar-refractivity contribution in [3.05, 3.63) is 82.4 Å². The molecule has 1 saturated carbocycles. The van der Waals surface area contributed by atoms with E-state index in [1.54, 1.807) is 37.5 Å². The lowest BCUT2D eigenvalue weighted by Gasteiger charge is -2.20. The third kappa shape index (κ3) is 4.81. The SMILES string of the molecule is Cc1ccc(S(=O)(=O)NC2CC2)cc1C(=O)NC(c1ccc(Cl)cc1)c1nccn1C. The van der Waals surface area contributed by atoms with Crippen LogP contribution in [0.1, 0.15) is 46.2 Å². The summed E-state index contributed by atoms with van der Waals surface area (Å²) in [5.74, 6) is 0.261. The van der Waals surface area contributed by atoms with Gasteiger partial charge in [0.05, 0.1) is 4.90 Å². The first-order valence-corrected chi connectivity index (χ1v) is 11.8. The molecule has 9 heteroatoms. The average Bonchev–Trinajstić information content (AvgIpc) is 3.43. The smallest absolute Gasteiger partial charge is 0.252 e. The molecule has 0 radical (unpaired) electrons. The Morgan fingerprint density at radius 2 is 1.90 bits per heavy atom. The van der Waals surface area contributed by atoms with Crippen LogP contribution >= 0.6 is 11.6 Å². The zero-order valence-corrected chi connectivity index (χ0v) is 18.7. The fourth-order valence-electron chi connectivity index (χ4n) is 3.32. The highest BCUT2D eigenvalue weighted by Gasteiger charge is 2.29. The molecule has 1 fully saturated rings. The molecular weight excluding hydrogens is 436 g/mol. The molecule has 7 nitrogen and oxygen atoms in total. The van der Waals surface area contributed by atoms with Crippen LogP contribution in [-0.2, 0) is 17.1 Å². The molecule has 0 aliphatic heterocycles. The molecule has 1 heterocycles. The number of halogens is 1. The maximum absolute atomic E-state index is 13.2. The first-order valence-electron chi connectivity index (χ1n) is 9.91. The van der Waals surface area contributed by atoms with E-state index in [1.807, 2.05) is 23.7 Å². The van der Waals surface area contributed by atoms with Crippen LogP contribution < -0.4 is 10.0 Å². The fourth-order valence-corrected chi connectivity index (χ4v) is 4.77. The van der Waals surface area contributed by atoms with E-state index in [0.29, 0.717) is 22.0 Å². The van der Waals surface area contributed by atoms with Gasteiger partial charge in [0.2, 0.25) is 10.0 Å². The summed E-state index contributed by atoms with van der Waals surface area (Å²) in [5.41, 5.74) is 1.79. The Labute approximate surface area is 186 Å². The van der Waals surface area contributed by atoms with E-state index >= 15 is 0 Å². The topological polar surface area (TPSA) is 93.1 Å². The van der Waals surface area contributed by atoms with Gasteiger partial charge in [0, 0.05) is 36.1 Å². The van der Waals surface area contributed by atoms with Crippen molar-refractivity contribution in [2.45, 2.75) is 36.7 Å². The van der Waals surface area contributed by atoms with E-state index in [9.17, 15) is 13.2 Å². The number of sulfonamides is 1. The maximum atomic E-state index is 13.2. The molecule has 1 unspecified atom stereocenters. The van der Waals surface area contributed by atoms with E-state index in [4.69, 9.17) is 11.6 Å². The molecule has 4 rings (SSSR count). The molecule has 3 aromatic rings. The highest BCUT2D eigenvalue weighted by Crippen LogP contribution is 2.25. The first kappa shape index (κ1) is 21.5. The number of nitrogens with zero attached hydrogens (tertiary/aromatic N) is 2. The third-order valence-electron chi connectivity index (χ3n) is 5.26. The van der Waals surface area contributed by atoms with Crippen LogP contribution in [0.5, 0.6) is 0 Å². The minimum atomic E-state index is -3.67. The van der Waals surface area contributed by atoms with Crippen molar-refractivity contribution < 1.29 is 13.2 Å². The molecule has 1 aromatic heterocycles. The molecule has 162 valence electrons. The number of aryl methyl sites for hydroxylation is 2. The van der Waals surface area contributed by atoms with Crippen molar-refractivity contribution in [3.63, 3.8) is 0 Å². The number of amides is 1. The second kappa shape index (κ2) is 8.45. The second-order valence-corrected chi connectivity index (χ2v) is 9.88. The van der Waals surface area contributed by atoms with Crippen LogP contribution in [0, 0.1) is 6.92 Å². The van der Waals surface area contributed by atoms with Gasteiger partial charge in [-0.15, -0.1) is 0 Å². The predicted octanol–water partition coefficient (Wildman–Crippen LogP) is 3.34. The summed E-state index contributed by atoms with van der Waals surface area (Å²) in [7, 11) is -1.82. The fraction of sp³-hybridized carbons (Fsp3) is 0.273. The van der Waals surface area contributed by atoms with Gasteiger partial charge in [0.15, 0.2) is 0 Å². The number of benzene rings is 2. The zero-order valence-electron chi connectivity index (χ0n) is 17.2. The highest BCUT2D eigenvalue weighted by molar-refractivity contribution is 7.89. The minimum absolute atomic E-state index is 0.0127. The van der Waals surface area contributed by atoms with Crippen LogP contribution in [0.25, 0.3) is 0 Å². The van der Waals surface area contributed by atoms with Gasteiger partial charge in [-0.1, -0.05) is 29.8 Å². The van der Waals surface area contributed by atoms with E-state index in [-0.39, 0.29) is 16.8 Å². The normalized spacial score (nSPS) is 14.9. The van der Waals surface area contributed by atoms with Gasteiger partial charge in [0.25, 0.3) is 5.91 Å². The Hall–Kier alpha value is -2.68. The van der Waals surface area contributed by atoms with Crippen LogP contribution in [0.3, 0.4) is 0 Å². The lowest BCUT2D eigenvalue weighted by Crippen LogP contribution is -2.32. The molecule has 1 amide bonds. The molecule has 1 aliphatic rings. The summed E-state index contributed by atoms with van der Waals surface area (Å²) in [4.78, 5) is 17.7. The number of carbonyl (C=O) groups excluding carboxylic acids is 1. The average molecular weight is 459 g/mol. The molecule has 1 aliphatic carbocycles. The highest BCUT2D eigenvalue weighted by atomic mass is 35.5. The second-order valence-electron chi connectivity index (χ2n) is 7.73. The Morgan fingerprint density at radius 1 is 1.19 bits per heavy atom. The summed E-state index contributed by atoms with van der Waals surface area (Å²) < 4.78 is 29.7. The number of carbonyl (C=O) groups is 1. The maximum Gasteiger partial charge on any atom is 0.252 e. The molecule has 2 aromatic carbocycles. The van der Waals surface area contributed by atoms with Crippen LogP contribution in [-0.4, -0.2) is 29.9 Å². The van der Waals surface area contributed by atoms with Gasteiger partial charge in [-0.3, -0.25) is 4.79 Å². The van der Waals surface area contributed by atoms with E-state index in [1.165, 1.54) is 12.1 Å². The quantitative estimate of drug-likeness (QED) is 0.567. The van der Waals surface area contributed by atoms with Crippen molar-refractivity contribution in [2.75, 3.05) is 0 Å². The van der Waals surface area contributed by atoms with Crippen LogP contribution in [0.2, 0.25) is 5.02 Å². The number of hydrogen-bond donors (Lipinski definition) is 2. The molecule has 1 atom stereocenters. The summed E-state index contributed by atoms with van der Waals surface area (Å²) >= 11 is 6.02. The molecule has 0 spiro atoms. The monoisotopic (exact) mass is 458 g/mol. The van der Waals surface area contributed by atoms with E-state index < -0.39 is 16.1 Å². The number of imidazole rings is 1. The van der Waals surface area contributed by atoms with Gasteiger partial charge in [0.1, 0.15) is 11.9 Å². The number of rotatable bonds is 7. The summed E-state index contributed by atoms with van der Waals surface area (Å²) in [6.45, 7) is 1.78. The lowest BCUT2D eigenvalue weighted by molar-refractivity contribution is 0.0940. The van der Waals surface area contributed by atoms with Gasteiger partial charge in [-0.05, 0) is 55.2 Å². The van der Waals surface area contributed by atoms with Crippen molar-refractivity contribution in [2.24, 2.45) is 7.05 Å². The summed E-state index contributed by atoms with van der Waals surface area (Å²) in [6, 6.07) is 11.2. The summed E-state index contributed by atoms with van der Waals surface area (Å²) in [5, 5.41) is 3.59. The van der Waals surface area contributed by atoms with Crippen molar-refractivity contribution in [1.82, 2.24) is 19.6 Å². The Morgan fingerprint density at radius 3 is 2.52 bits per heavy atom. The molecule has 0 saturated heterocycles. The first-order chi connectivity index (χ1) is 14.7. The van der Waals surface area contributed by atoms with Crippen LogP contribution in [0.15, 0.2) is 59.8 Å². The van der Waals surface area contributed by atoms with Gasteiger partial charge in [-0.2, -0.15) is 0 Å². The number of aromatic nitrogens is 2. The molecular formula is C22H23ClN4O3S. The Kier molecular flexibility index (Phi) is 5.88. The van der Waals surface area contributed by atoms with Gasteiger partial charge >= 0.3 is 0 Å². The number of nitrogens with one attached hydrogen (secondary N) is 2. The Balaban J connectivity index is 1.66. The lowest BCUT2D eigenvalue weighted by atomic mass is 10.0. The molecule has 0 bridgehead atoms. The minimum Gasteiger partial charge on any atom is -0.338 e. The van der Waals surface area contributed by atoms with E-state index in [0.717, 1.165) is 18.4 Å². The number of hydrogen-bond acceptors (Lipinski definition) is 4. The van der Waals surface area contributed by atoms with Crippen molar-refractivity contribution in [3.8, 4) is 0 Å². The van der Waals surface area contributed by atoms with E-state index in [2.05, 4.69) is 15.0 Å². The largest absolute Gasteiger partial charge is 0.338 e. The zero-order chi connectivity index (χ0) is 22.2. The standard InChI is InChI=1S/C22H23ClN4O3S/c1-14-3-10-18(31(29,30)26-17-8-9-17)13-19(14)22(28)25-20(21-24-11-12-27(21)2)15-4-6-16(23)7-5-15/h3-7,10-13,17,20,26H,8-9H2,1-2H3,(H,25,28). The molecule has 31 heavy (non-hydrogen) atoms. The van der Waals surface area contributed by atoms with Crippen LogP contribution in [0.4, 0.5) is 0 Å². The van der Waals surface area contributed by atoms with Gasteiger partial charge < -0.3 is 9.88 Å². The Bertz CT molecular complexity index is 1220.